The molecule has 0 radical (unpaired) electrons. The van der Waals surface area contributed by atoms with E-state index in [1.165, 1.54) is 19.1 Å². The third-order valence-corrected chi connectivity index (χ3v) is 2.74. The summed E-state index contributed by atoms with van der Waals surface area (Å²) in [7, 11) is 0. The lowest BCUT2D eigenvalue weighted by molar-refractivity contribution is -0.114. The smallest absolute Gasteiger partial charge is 0.221 e. The Hall–Kier alpha value is -2.43. The molecule has 0 aliphatic carbocycles. The number of pyridine rings is 1. The molecular formula is C15H16FN3O. The van der Waals surface area contributed by atoms with Gasteiger partial charge in [-0.2, -0.15) is 0 Å². The summed E-state index contributed by atoms with van der Waals surface area (Å²) in [6, 6.07) is 8.25. The van der Waals surface area contributed by atoms with Gasteiger partial charge in [0.1, 0.15) is 5.82 Å². The fraction of sp³-hybridized carbons (Fsp3) is 0.200. The van der Waals surface area contributed by atoms with E-state index in [-0.39, 0.29) is 11.7 Å². The number of rotatable bonds is 4. The number of nitrogens with one attached hydrogen (secondary N) is 2. The Kier molecular flexibility index (Phi) is 4.30. The van der Waals surface area contributed by atoms with Crippen molar-refractivity contribution in [1.82, 2.24) is 4.98 Å². The molecule has 0 aliphatic rings. The van der Waals surface area contributed by atoms with E-state index in [0.717, 1.165) is 11.3 Å². The van der Waals surface area contributed by atoms with E-state index in [4.69, 9.17) is 0 Å². The summed E-state index contributed by atoms with van der Waals surface area (Å²) in [5.41, 5.74) is 2.80. The van der Waals surface area contributed by atoms with Gasteiger partial charge in [0.05, 0.1) is 5.69 Å². The van der Waals surface area contributed by atoms with Crippen molar-refractivity contribution in [3.63, 3.8) is 0 Å². The van der Waals surface area contributed by atoms with Crippen molar-refractivity contribution in [2.75, 3.05) is 10.6 Å². The Balaban J connectivity index is 2.08. The minimum Gasteiger partial charge on any atom is -0.378 e. The molecule has 5 heteroatoms. The maximum absolute atomic E-state index is 13.7. The molecule has 0 unspecified atom stereocenters. The number of amides is 1. The first-order valence-electron chi connectivity index (χ1n) is 6.27. The Bertz CT molecular complexity index is 611. The second-order valence-corrected chi connectivity index (χ2v) is 4.54. The van der Waals surface area contributed by atoms with Gasteiger partial charge < -0.3 is 10.6 Å². The third kappa shape index (κ3) is 3.78. The monoisotopic (exact) mass is 273 g/mol. The number of hydrogen-bond donors (Lipinski definition) is 2. The first kappa shape index (κ1) is 14.0. The molecule has 4 nitrogen and oxygen atoms in total. The van der Waals surface area contributed by atoms with Gasteiger partial charge in [-0.1, -0.05) is 6.07 Å². The van der Waals surface area contributed by atoms with E-state index in [9.17, 15) is 9.18 Å². The lowest BCUT2D eigenvalue weighted by Gasteiger charge is -2.10. The van der Waals surface area contributed by atoms with Crippen LogP contribution < -0.4 is 10.6 Å². The van der Waals surface area contributed by atoms with E-state index < -0.39 is 0 Å². The van der Waals surface area contributed by atoms with Gasteiger partial charge in [0, 0.05) is 31.0 Å². The van der Waals surface area contributed by atoms with Crippen LogP contribution in [0.1, 0.15) is 18.2 Å². The molecule has 104 valence electrons. The van der Waals surface area contributed by atoms with Gasteiger partial charge in [-0.05, 0) is 36.8 Å². The molecule has 0 spiro atoms. The average molecular weight is 273 g/mol. The van der Waals surface area contributed by atoms with Crippen LogP contribution in [0.4, 0.5) is 15.8 Å². The highest BCUT2D eigenvalue weighted by atomic mass is 19.1. The molecule has 0 aliphatic heterocycles. The topological polar surface area (TPSA) is 54.0 Å². The summed E-state index contributed by atoms with van der Waals surface area (Å²) in [6.07, 6.45) is 1.75. The molecule has 2 N–H and O–H groups in total. The maximum atomic E-state index is 13.7. The van der Waals surface area contributed by atoms with Crippen LogP contribution in [0.5, 0.6) is 0 Å². The molecule has 0 saturated heterocycles. The predicted octanol–water partition coefficient (Wildman–Crippen LogP) is 3.10. The molecular weight excluding hydrogens is 257 g/mol. The molecule has 2 rings (SSSR count). The zero-order valence-corrected chi connectivity index (χ0v) is 11.4. The Labute approximate surface area is 117 Å². The third-order valence-electron chi connectivity index (χ3n) is 2.74. The molecule has 2 aromatic rings. The van der Waals surface area contributed by atoms with Crippen LogP contribution in [0.25, 0.3) is 0 Å². The van der Waals surface area contributed by atoms with Gasteiger partial charge in [-0.3, -0.25) is 9.78 Å². The normalized spacial score (nSPS) is 10.2. The highest BCUT2D eigenvalue weighted by Crippen LogP contribution is 2.20. The number of hydrogen-bond acceptors (Lipinski definition) is 3. The molecule has 0 fully saturated rings. The summed E-state index contributed by atoms with van der Waals surface area (Å²) in [5, 5.41) is 5.62. The Morgan fingerprint density at radius 1 is 1.30 bits per heavy atom. The molecule has 1 aromatic heterocycles. The largest absolute Gasteiger partial charge is 0.378 e. The van der Waals surface area contributed by atoms with Crippen LogP contribution in [-0.4, -0.2) is 10.9 Å². The summed E-state index contributed by atoms with van der Waals surface area (Å²) in [6.45, 7) is 3.79. The molecule has 0 atom stereocenters. The number of halogens is 1. The van der Waals surface area contributed by atoms with Gasteiger partial charge in [0.25, 0.3) is 0 Å². The van der Waals surface area contributed by atoms with E-state index in [1.54, 1.807) is 12.3 Å². The van der Waals surface area contributed by atoms with E-state index in [1.807, 2.05) is 19.1 Å². The first-order chi connectivity index (χ1) is 9.54. The van der Waals surface area contributed by atoms with Gasteiger partial charge in [0.2, 0.25) is 5.91 Å². The average Bonchev–Trinajstić information content (AvgIpc) is 2.40. The summed E-state index contributed by atoms with van der Waals surface area (Å²) in [5.74, 6) is -0.551. The number of aromatic nitrogens is 1. The highest BCUT2D eigenvalue weighted by Gasteiger charge is 2.04. The van der Waals surface area contributed by atoms with Crippen molar-refractivity contribution in [2.24, 2.45) is 0 Å². The Morgan fingerprint density at radius 3 is 2.75 bits per heavy atom. The van der Waals surface area contributed by atoms with Gasteiger partial charge in [-0.15, -0.1) is 0 Å². The zero-order chi connectivity index (χ0) is 14.5. The summed E-state index contributed by atoms with van der Waals surface area (Å²) < 4.78 is 13.7. The molecule has 1 aromatic carbocycles. The van der Waals surface area contributed by atoms with Crippen LogP contribution in [0, 0.1) is 12.7 Å². The summed E-state index contributed by atoms with van der Waals surface area (Å²) >= 11 is 0. The van der Waals surface area contributed by atoms with Gasteiger partial charge in [0.15, 0.2) is 0 Å². The lowest BCUT2D eigenvalue weighted by Crippen LogP contribution is -2.07. The van der Waals surface area contributed by atoms with Crippen LogP contribution >= 0.6 is 0 Å². The number of aryl methyl sites for hydroxylation is 1. The van der Waals surface area contributed by atoms with Crippen molar-refractivity contribution in [1.29, 1.82) is 0 Å². The number of benzene rings is 1. The number of carbonyl (C=O) groups is 1. The van der Waals surface area contributed by atoms with Crippen molar-refractivity contribution in [2.45, 2.75) is 20.4 Å². The van der Waals surface area contributed by atoms with Crippen molar-refractivity contribution in [3.8, 4) is 0 Å². The fourth-order valence-electron chi connectivity index (χ4n) is 1.74. The standard InChI is InChI=1S/C15H16FN3O/c1-10-3-4-12(8-17-10)9-18-15-7-13(19-11(2)20)5-6-14(15)16/h3-8,18H,9H2,1-2H3,(H,19,20). The molecule has 0 bridgehead atoms. The Morgan fingerprint density at radius 2 is 2.10 bits per heavy atom. The minimum atomic E-state index is -0.362. The van der Waals surface area contributed by atoms with Gasteiger partial charge in [-0.25, -0.2) is 4.39 Å². The second-order valence-electron chi connectivity index (χ2n) is 4.54. The van der Waals surface area contributed by atoms with E-state index in [2.05, 4.69) is 15.6 Å². The fourth-order valence-corrected chi connectivity index (χ4v) is 1.74. The lowest BCUT2D eigenvalue weighted by atomic mass is 10.2. The minimum absolute atomic E-state index is 0.190. The number of nitrogens with zero attached hydrogens (tertiary/aromatic N) is 1. The zero-order valence-electron chi connectivity index (χ0n) is 11.4. The van der Waals surface area contributed by atoms with Gasteiger partial charge >= 0.3 is 0 Å². The van der Waals surface area contributed by atoms with Crippen molar-refractivity contribution in [3.05, 3.63) is 53.6 Å². The predicted molar refractivity (Wildman–Crippen MR) is 77.0 cm³/mol. The number of anilines is 2. The van der Waals surface area contributed by atoms with E-state index in [0.29, 0.717) is 17.9 Å². The van der Waals surface area contributed by atoms with Crippen LogP contribution in [-0.2, 0) is 11.3 Å². The van der Waals surface area contributed by atoms with Crippen molar-refractivity contribution >= 4 is 17.3 Å². The molecule has 20 heavy (non-hydrogen) atoms. The quantitative estimate of drug-likeness (QED) is 0.900. The first-order valence-corrected chi connectivity index (χ1v) is 6.27. The van der Waals surface area contributed by atoms with Crippen LogP contribution in [0.3, 0.4) is 0 Å². The second kappa shape index (κ2) is 6.14. The van der Waals surface area contributed by atoms with E-state index >= 15 is 0 Å². The molecule has 1 heterocycles. The summed E-state index contributed by atoms with van der Waals surface area (Å²) in [4.78, 5) is 15.2. The van der Waals surface area contributed by atoms with Crippen LogP contribution in [0.15, 0.2) is 36.5 Å². The highest BCUT2D eigenvalue weighted by molar-refractivity contribution is 5.89. The van der Waals surface area contributed by atoms with Crippen molar-refractivity contribution < 1.29 is 9.18 Å². The number of carbonyl (C=O) groups excluding carboxylic acids is 1. The SMILES string of the molecule is CC(=O)Nc1ccc(F)c(NCc2ccc(C)nc2)c1. The molecule has 1 amide bonds. The van der Waals surface area contributed by atoms with Crippen LogP contribution in [0.2, 0.25) is 0 Å². The molecule has 0 saturated carbocycles. The maximum Gasteiger partial charge on any atom is 0.221 e.